The van der Waals surface area contributed by atoms with Crippen molar-refractivity contribution in [1.82, 2.24) is 10.2 Å². The average Bonchev–Trinajstić information content (AvgIpc) is 2.50. The number of hydrogen-bond acceptors (Lipinski definition) is 5. The van der Waals surface area contributed by atoms with E-state index in [2.05, 4.69) is 5.32 Å². The number of nitrogens with one attached hydrogen (secondary N) is 1. The highest BCUT2D eigenvalue weighted by atomic mass is 32.2. The number of thioether (sulfide) groups is 1. The Hall–Kier alpha value is -1.24. The van der Waals surface area contributed by atoms with Crippen LogP contribution in [0.25, 0.3) is 0 Å². The molecule has 0 spiro atoms. The first-order valence-electron chi connectivity index (χ1n) is 7.48. The molecule has 2 aliphatic heterocycles. The van der Waals surface area contributed by atoms with E-state index in [4.69, 9.17) is 4.74 Å². The predicted octanol–water partition coefficient (Wildman–Crippen LogP) is 0.552. The summed E-state index contributed by atoms with van der Waals surface area (Å²) in [7, 11) is 0. The van der Waals surface area contributed by atoms with E-state index in [1.54, 1.807) is 6.92 Å². The lowest BCUT2D eigenvalue weighted by Gasteiger charge is -2.30. The third-order valence-electron chi connectivity index (χ3n) is 3.71. The van der Waals surface area contributed by atoms with Crippen molar-refractivity contribution in [2.45, 2.75) is 43.9 Å². The fraction of sp³-hybridized carbons (Fsp3) is 0.786. The highest BCUT2D eigenvalue weighted by molar-refractivity contribution is 8.00. The van der Waals surface area contributed by atoms with E-state index in [0.717, 1.165) is 25.9 Å². The van der Waals surface area contributed by atoms with Crippen LogP contribution in [0, 0.1) is 0 Å². The Bertz CT molecular complexity index is 410. The molecule has 2 atom stereocenters. The molecule has 0 saturated carbocycles. The lowest BCUT2D eigenvalue weighted by atomic mass is 10.1. The molecule has 2 heterocycles. The summed E-state index contributed by atoms with van der Waals surface area (Å²) in [5.41, 5.74) is 0. The minimum Gasteiger partial charge on any atom is -0.464 e. The molecule has 1 N–H and O–H groups in total. The lowest BCUT2D eigenvalue weighted by molar-refractivity contribution is -0.146. The van der Waals surface area contributed by atoms with Crippen molar-refractivity contribution < 1.29 is 19.1 Å². The standard InChI is InChI=1S/C14H22N2O4S/c1-2-20-14(19)10-9-21-11(13(18)15-10)8-12(17)16-6-4-3-5-7-16/h10-11H,2-9H2,1H3,(H,15,18)/t10-,11+/m0/s1. The van der Waals surface area contributed by atoms with Crippen LogP contribution in [0.3, 0.4) is 0 Å². The van der Waals surface area contributed by atoms with Gasteiger partial charge in [-0.25, -0.2) is 4.79 Å². The van der Waals surface area contributed by atoms with Gasteiger partial charge >= 0.3 is 5.97 Å². The lowest BCUT2D eigenvalue weighted by Crippen LogP contribution is -2.52. The normalized spacial score (nSPS) is 26.1. The zero-order valence-corrected chi connectivity index (χ0v) is 13.1. The molecule has 0 aromatic rings. The van der Waals surface area contributed by atoms with Crippen molar-refractivity contribution in [1.29, 1.82) is 0 Å². The van der Waals surface area contributed by atoms with Crippen LogP contribution < -0.4 is 5.32 Å². The van der Waals surface area contributed by atoms with Crippen LogP contribution in [0.2, 0.25) is 0 Å². The van der Waals surface area contributed by atoms with Gasteiger partial charge in [-0.1, -0.05) is 0 Å². The molecule has 2 aliphatic rings. The molecule has 2 fully saturated rings. The fourth-order valence-electron chi connectivity index (χ4n) is 2.55. The zero-order valence-electron chi connectivity index (χ0n) is 12.3. The van der Waals surface area contributed by atoms with Crippen molar-refractivity contribution in [2.24, 2.45) is 0 Å². The van der Waals surface area contributed by atoms with Crippen LogP contribution in [0.4, 0.5) is 0 Å². The van der Waals surface area contributed by atoms with Crippen molar-refractivity contribution in [3.05, 3.63) is 0 Å². The van der Waals surface area contributed by atoms with E-state index in [1.807, 2.05) is 4.90 Å². The zero-order chi connectivity index (χ0) is 15.2. The maximum absolute atomic E-state index is 12.2. The van der Waals surface area contributed by atoms with Gasteiger partial charge in [0.15, 0.2) is 0 Å². The van der Waals surface area contributed by atoms with Crippen molar-refractivity contribution in [2.75, 3.05) is 25.4 Å². The molecule has 0 unspecified atom stereocenters. The molecular weight excluding hydrogens is 292 g/mol. The first-order chi connectivity index (χ1) is 10.1. The highest BCUT2D eigenvalue weighted by Crippen LogP contribution is 2.23. The molecule has 2 saturated heterocycles. The molecule has 118 valence electrons. The first-order valence-corrected chi connectivity index (χ1v) is 8.53. The summed E-state index contributed by atoms with van der Waals surface area (Å²) < 4.78 is 4.90. The number of hydrogen-bond donors (Lipinski definition) is 1. The largest absolute Gasteiger partial charge is 0.464 e. The van der Waals surface area contributed by atoms with Crippen LogP contribution in [0.15, 0.2) is 0 Å². The van der Waals surface area contributed by atoms with Crippen LogP contribution in [-0.4, -0.2) is 59.4 Å². The second kappa shape index (κ2) is 7.68. The third-order valence-corrected chi connectivity index (χ3v) is 5.02. The number of amides is 2. The van der Waals surface area contributed by atoms with E-state index in [0.29, 0.717) is 12.4 Å². The van der Waals surface area contributed by atoms with Crippen molar-refractivity contribution in [3.8, 4) is 0 Å². The molecule has 2 amide bonds. The summed E-state index contributed by atoms with van der Waals surface area (Å²) >= 11 is 1.37. The molecule has 6 nitrogen and oxygen atoms in total. The summed E-state index contributed by atoms with van der Waals surface area (Å²) in [5.74, 6) is -0.145. The Kier molecular flexibility index (Phi) is 5.90. The second-order valence-electron chi connectivity index (χ2n) is 5.28. The number of carbonyl (C=O) groups excluding carboxylic acids is 3. The minimum absolute atomic E-state index is 0.0388. The summed E-state index contributed by atoms with van der Waals surface area (Å²) in [5, 5.41) is 2.26. The van der Waals surface area contributed by atoms with Gasteiger partial charge in [-0.2, -0.15) is 0 Å². The highest BCUT2D eigenvalue weighted by Gasteiger charge is 2.35. The fourth-order valence-corrected chi connectivity index (χ4v) is 3.67. The van der Waals surface area contributed by atoms with Gasteiger partial charge in [-0.05, 0) is 26.2 Å². The van der Waals surface area contributed by atoms with Crippen molar-refractivity contribution in [3.63, 3.8) is 0 Å². The molecule has 0 aliphatic carbocycles. The molecule has 0 bridgehead atoms. The van der Waals surface area contributed by atoms with Gasteiger partial charge in [0.1, 0.15) is 6.04 Å². The van der Waals surface area contributed by atoms with Crippen molar-refractivity contribution >= 4 is 29.5 Å². The van der Waals surface area contributed by atoms with Crippen LogP contribution in [0.5, 0.6) is 0 Å². The molecular formula is C14H22N2O4S. The summed E-state index contributed by atoms with van der Waals surface area (Å²) in [6.07, 6.45) is 3.47. The van der Waals surface area contributed by atoms with Crippen LogP contribution >= 0.6 is 11.8 Å². The molecule has 0 radical (unpaired) electrons. The molecule has 2 rings (SSSR count). The SMILES string of the molecule is CCOC(=O)[C@@H]1CS[C@H](CC(=O)N2CCCCC2)C(=O)N1. The van der Waals surface area contributed by atoms with Gasteiger partial charge in [-0.15, -0.1) is 11.8 Å². The predicted molar refractivity (Wildman–Crippen MR) is 79.9 cm³/mol. The smallest absolute Gasteiger partial charge is 0.329 e. The summed E-state index contributed by atoms with van der Waals surface area (Å²) in [6.45, 7) is 3.62. The van der Waals surface area contributed by atoms with Crippen LogP contribution in [-0.2, 0) is 19.1 Å². The molecule has 0 aromatic carbocycles. The second-order valence-corrected chi connectivity index (χ2v) is 6.52. The Balaban J connectivity index is 1.81. The van der Waals surface area contributed by atoms with E-state index in [-0.39, 0.29) is 18.2 Å². The minimum atomic E-state index is -0.594. The molecule has 0 aromatic heterocycles. The topological polar surface area (TPSA) is 75.7 Å². The quantitative estimate of drug-likeness (QED) is 0.767. The number of carbonyl (C=O) groups is 3. The monoisotopic (exact) mass is 314 g/mol. The maximum atomic E-state index is 12.2. The summed E-state index contributed by atoms with van der Waals surface area (Å²) in [4.78, 5) is 37.6. The maximum Gasteiger partial charge on any atom is 0.329 e. The van der Waals surface area contributed by atoms with E-state index in [1.165, 1.54) is 18.2 Å². The molecule has 7 heteroatoms. The Morgan fingerprint density at radius 1 is 1.33 bits per heavy atom. The van der Waals surface area contributed by atoms with Gasteiger partial charge < -0.3 is 15.0 Å². The van der Waals surface area contributed by atoms with Gasteiger partial charge in [-0.3, -0.25) is 9.59 Å². The van der Waals surface area contributed by atoms with Gasteiger partial charge in [0.25, 0.3) is 0 Å². The Morgan fingerprint density at radius 2 is 2.05 bits per heavy atom. The number of likely N-dealkylation sites (tertiary alicyclic amines) is 1. The van der Waals surface area contributed by atoms with Gasteiger partial charge in [0.2, 0.25) is 11.8 Å². The Morgan fingerprint density at radius 3 is 2.67 bits per heavy atom. The van der Waals surface area contributed by atoms with Gasteiger partial charge in [0, 0.05) is 25.3 Å². The van der Waals surface area contributed by atoms with E-state index >= 15 is 0 Å². The number of rotatable bonds is 4. The number of piperidine rings is 1. The average molecular weight is 314 g/mol. The Labute approximate surface area is 129 Å². The van der Waals surface area contributed by atoms with E-state index in [9.17, 15) is 14.4 Å². The number of nitrogens with zero attached hydrogens (tertiary/aromatic N) is 1. The third kappa shape index (κ3) is 4.36. The number of esters is 1. The molecule has 21 heavy (non-hydrogen) atoms. The summed E-state index contributed by atoms with van der Waals surface area (Å²) in [6, 6.07) is -0.594. The first kappa shape index (κ1) is 16.1. The van der Waals surface area contributed by atoms with E-state index < -0.39 is 17.3 Å². The number of ether oxygens (including phenoxy) is 1. The van der Waals surface area contributed by atoms with Gasteiger partial charge in [0.05, 0.1) is 11.9 Å². The van der Waals surface area contributed by atoms with Crippen LogP contribution in [0.1, 0.15) is 32.6 Å².